The number of allylic oxidation sites excluding steroid dienone is 1. The first kappa shape index (κ1) is 22.2. The number of aryl methyl sites for hydroxylation is 2. The van der Waals surface area contributed by atoms with Crippen LogP contribution in [0.5, 0.6) is 5.75 Å². The zero-order chi connectivity index (χ0) is 25.4. The second kappa shape index (κ2) is 7.99. The Morgan fingerprint density at radius 2 is 1.81 bits per heavy atom. The Labute approximate surface area is 217 Å². The number of nitrogens with zero attached hydrogens (tertiary/aromatic N) is 2. The van der Waals surface area contributed by atoms with E-state index in [4.69, 9.17) is 4.74 Å². The van der Waals surface area contributed by atoms with Gasteiger partial charge >= 0.3 is 5.97 Å². The maximum Gasteiger partial charge on any atom is 0.319 e. The smallest absolute Gasteiger partial charge is 0.319 e. The Morgan fingerprint density at radius 1 is 1.03 bits per heavy atom. The van der Waals surface area contributed by atoms with Gasteiger partial charge in [-0.05, 0) is 54.5 Å². The number of nitriles is 1. The van der Waals surface area contributed by atoms with Crippen molar-refractivity contribution in [2.75, 3.05) is 4.90 Å². The molecule has 0 N–H and O–H groups in total. The van der Waals surface area contributed by atoms with Crippen molar-refractivity contribution < 1.29 is 19.1 Å². The van der Waals surface area contributed by atoms with Crippen molar-refractivity contribution in [2.45, 2.75) is 32.1 Å². The summed E-state index contributed by atoms with van der Waals surface area (Å²) in [6.07, 6.45) is 4.59. The number of anilines is 1. The van der Waals surface area contributed by atoms with Gasteiger partial charge in [0.05, 0.1) is 23.3 Å². The van der Waals surface area contributed by atoms with Crippen molar-refractivity contribution in [3.05, 3.63) is 87.3 Å². The number of hydrogen-bond acceptors (Lipinski definition) is 6. The van der Waals surface area contributed by atoms with Gasteiger partial charge in [-0.2, -0.15) is 5.26 Å². The molecule has 0 saturated carbocycles. The summed E-state index contributed by atoms with van der Waals surface area (Å²) in [5.74, 6) is -3.73. The average molecular weight is 507 g/mol. The van der Waals surface area contributed by atoms with Crippen LogP contribution in [0.25, 0.3) is 5.57 Å². The number of esters is 1. The molecule has 2 aromatic carbocycles. The molecule has 7 heteroatoms. The van der Waals surface area contributed by atoms with Crippen molar-refractivity contribution in [3.8, 4) is 11.8 Å². The summed E-state index contributed by atoms with van der Waals surface area (Å²) in [6.45, 7) is 1.93. The molecular weight excluding hydrogens is 484 g/mol. The highest BCUT2D eigenvalue weighted by Gasteiger charge is 2.61. The molecule has 3 aromatic rings. The maximum absolute atomic E-state index is 14.2. The van der Waals surface area contributed by atoms with Crippen LogP contribution in [0.3, 0.4) is 0 Å². The topological polar surface area (TPSA) is 87.5 Å². The number of benzene rings is 2. The van der Waals surface area contributed by atoms with Gasteiger partial charge < -0.3 is 4.74 Å². The molecule has 2 aliphatic heterocycles. The van der Waals surface area contributed by atoms with E-state index >= 15 is 0 Å². The van der Waals surface area contributed by atoms with Crippen LogP contribution in [0, 0.1) is 36.0 Å². The summed E-state index contributed by atoms with van der Waals surface area (Å²) in [5.41, 5.74) is 4.77. The first-order chi connectivity index (χ1) is 18.0. The highest BCUT2D eigenvalue weighted by atomic mass is 32.1. The van der Waals surface area contributed by atoms with Gasteiger partial charge in [0, 0.05) is 16.4 Å². The molecule has 0 unspecified atom stereocenters. The van der Waals surface area contributed by atoms with Crippen LogP contribution in [0.1, 0.15) is 45.0 Å². The van der Waals surface area contributed by atoms with Gasteiger partial charge in [-0.25, -0.2) is 4.90 Å². The lowest BCUT2D eigenvalue weighted by Crippen LogP contribution is -2.42. The predicted octanol–water partition coefficient (Wildman–Crippen LogP) is 4.94. The lowest BCUT2D eigenvalue weighted by atomic mass is 9.64. The SMILES string of the molecule is Cc1ccc2c(c1)OC(=O)[C@@H]1C2=C[C@H](c2ccccc2)[C@H]2C(=O)N(c3sc4c(c3C#N)CCC4)C(=O)[C@H]12. The minimum absolute atomic E-state index is 0.349. The Balaban J connectivity index is 1.42. The first-order valence-corrected chi connectivity index (χ1v) is 13.3. The van der Waals surface area contributed by atoms with E-state index in [0.29, 0.717) is 16.3 Å². The molecule has 1 saturated heterocycles. The average Bonchev–Trinajstić information content (AvgIpc) is 3.55. The summed E-state index contributed by atoms with van der Waals surface area (Å²) < 4.78 is 5.74. The van der Waals surface area contributed by atoms with Gasteiger partial charge in [-0.3, -0.25) is 14.4 Å². The fourth-order valence-corrected chi connectivity index (χ4v) is 7.88. The molecule has 37 heavy (non-hydrogen) atoms. The van der Waals surface area contributed by atoms with E-state index in [0.717, 1.165) is 52.0 Å². The maximum atomic E-state index is 14.2. The minimum atomic E-state index is -0.900. The quantitative estimate of drug-likeness (QED) is 0.279. The van der Waals surface area contributed by atoms with Gasteiger partial charge in [0.15, 0.2) is 0 Å². The van der Waals surface area contributed by atoms with Crippen LogP contribution in [0.15, 0.2) is 54.6 Å². The molecule has 6 nitrogen and oxygen atoms in total. The van der Waals surface area contributed by atoms with Crippen LogP contribution in [0.4, 0.5) is 5.00 Å². The number of ether oxygens (including phenoxy) is 1. The summed E-state index contributed by atoms with van der Waals surface area (Å²) in [6, 6.07) is 17.6. The Hall–Kier alpha value is -4.02. The summed E-state index contributed by atoms with van der Waals surface area (Å²) in [5, 5.41) is 10.4. The van der Waals surface area contributed by atoms with Crippen LogP contribution in [-0.2, 0) is 27.2 Å². The van der Waals surface area contributed by atoms with E-state index in [1.54, 1.807) is 0 Å². The number of carbonyl (C=O) groups excluding carboxylic acids is 3. The van der Waals surface area contributed by atoms with E-state index in [1.807, 2.05) is 61.5 Å². The number of amides is 2. The monoisotopic (exact) mass is 506 g/mol. The molecule has 3 heterocycles. The van der Waals surface area contributed by atoms with Gasteiger partial charge in [-0.15, -0.1) is 11.3 Å². The van der Waals surface area contributed by atoms with E-state index in [1.165, 1.54) is 16.2 Å². The molecule has 4 atom stereocenters. The zero-order valence-corrected chi connectivity index (χ0v) is 20.9. The molecule has 0 bridgehead atoms. The lowest BCUT2D eigenvalue weighted by molar-refractivity contribution is -0.142. The summed E-state index contributed by atoms with van der Waals surface area (Å²) >= 11 is 1.37. The van der Waals surface area contributed by atoms with Crippen LogP contribution < -0.4 is 9.64 Å². The third kappa shape index (κ3) is 3.06. The third-order valence-electron chi connectivity index (χ3n) is 8.15. The molecule has 2 aliphatic carbocycles. The molecule has 0 radical (unpaired) electrons. The Kier molecular flexibility index (Phi) is 4.79. The van der Waals surface area contributed by atoms with Gasteiger partial charge in [-0.1, -0.05) is 48.5 Å². The normalized spacial score (nSPS) is 25.6. The minimum Gasteiger partial charge on any atom is -0.425 e. The fraction of sp³-hybridized carbons (Fsp3) is 0.267. The zero-order valence-electron chi connectivity index (χ0n) is 20.1. The third-order valence-corrected chi connectivity index (χ3v) is 9.43. The van der Waals surface area contributed by atoms with Gasteiger partial charge in [0.2, 0.25) is 11.8 Å². The molecule has 0 spiro atoms. The van der Waals surface area contributed by atoms with Crippen molar-refractivity contribution in [1.82, 2.24) is 0 Å². The molecular formula is C30H22N2O4S. The number of imide groups is 1. The van der Waals surface area contributed by atoms with Crippen molar-refractivity contribution in [2.24, 2.45) is 17.8 Å². The Morgan fingerprint density at radius 3 is 2.59 bits per heavy atom. The van der Waals surface area contributed by atoms with Crippen LogP contribution in [-0.4, -0.2) is 17.8 Å². The molecule has 182 valence electrons. The van der Waals surface area contributed by atoms with Gasteiger partial charge in [0.1, 0.15) is 16.8 Å². The molecule has 7 rings (SSSR count). The molecule has 1 fully saturated rings. The molecule has 2 amide bonds. The lowest BCUT2D eigenvalue weighted by Gasteiger charge is -2.38. The summed E-state index contributed by atoms with van der Waals surface area (Å²) in [7, 11) is 0. The number of fused-ring (bicyclic) bond motifs is 6. The number of hydrogen-bond donors (Lipinski definition) is 0. The van der Waals surface area contributed by atoms with Crippen molar-refractivity contribution in [3.63, 3.8) is 0 Å². The van der Waals surface area contributed by atoms with E-state index in [-0.39, 0.29) is 5.91 Å². The predicted molar refractivity (Wildman–Crippen MR) is 138 cm³/mol. The second-order valence-electron chi connectivity index (χ2n) is 10.2. The molecule has 1 aromatic heterocycles. The van der Waals surface area contributed by atoms with Crippen LogP contribution in [0.2, 0.25) is 0 Å². The van der Waals surface area contributed by atoms with E-state index in [2.05, 4.69) is 6.07 Å². The second-order valence-corrected chi connectivity index (χ2v) is 11.3. The first-order valence-electron chi connectivity index (χ1n) is 12.5. The van der Waals surface area contributed by atoms with Crippen LogP contribution >= 0.6 is 11.3 Å². The highest BCUT2D eigenvalue weighted by Crippen LogP contribution is 2.56. The number of rotatable bonds is 2. The van der Waals surface area contributed by atoms with E-state index in [9.17, 15) is 19.6 Å². The van der Waals surface area contributed by atoms with Crippen molar-refractivity contribution >= 4 is 39.7 Å². The fourth-order valence-electron chi connectivity index (χ4n) is 6.53. The highest BCUT2D eigenvalue weighted by molar-refractivity contribution is 7.17. The number of carbonyl (C=O) groups is 3. The van der Waals surface area contributed by atoms with E-state index < -0.39 is 35.5 Å². The largest absolute Gasteiger partial charge is 0.425 e. The Bertz CT molecular complexity index is 1600. The standard InChI is InChI=1S/C30H22N2O4S/c1-15-10-11-17-20-13-19(16-6-3-2-4-7-16)24-26(25(20)30(35)36-22(17)12-15)28(34)32(27(24)33)29-21(14-31)18-8-5-9-23(18)37-29/h2-4,6-7,10-13,19,24-26H,5,8-9H2,1H3/t19-,24-,25-,26+/m1/s1. The van der Waals surface area contributed by atoms with Gasteiger partial charge in [0.25, 0.3) is 0 Å². The number of thiophene rings is 1. The van der Waals surface area contributed by atoms with Crippen molar-refractivity contribution in [1.29, 1.82) is 5.26 Å². The summed E-state index contributed by atoms with van der Waals surface area (Å²) in [4.78, 5) is 44.0. The molecule has 4 aliphatic rings.